The van der Waals surface area contributed by atoms with Gasteiger partial charge in [-0.3, -0.25) is 4.79 Å². The first-order chi connectivity index (χ1) is 15.1. The minimum Gasteiger partial charge on any atom is -0.373 e. The van der Waals surface area contributed by atoms with Gasteiger partial charge in [0, 0.05) is 44.8 Å². The topological polar surface area (TPSA) is 69.7 Å². The van der Waals surface area contributed by atoms with Crippen LogP contribution in [0.5, 0.6) is 0 Å². The van der Waals surface area contributed by atoms with Gasteiger partial charge in [0.1, 0.15) is 0 Å². The van der Waals surface area contributed by atoms with Gasteiger partial charge in [-0.15, -0.1) is 0 Å². The number of piperidine rings is 1. The number of carbonyl (C=O) groups is 1. The summed E-state index contributed by atoms with van der Waals surface area (Å²) < 4.78 is 65.5. The van der Waals surface area contributed by atoms with E-state index >= 15 is 0 Å². The van der Waals surface area contributed by atoms with E-state index in [4.69, 9.17) is 0 Å². The molecule has 0 saturated carbocycles. The molecule has 6 nitrogen and oxygen atoms in total. The highest BCUT2D eigenvalue weighted by Crippen LogP contribution is 2.32. The second-order valence-corrected chi connectivity index (χ2v) is 9.69. The number of hydrogen-bond donors (Lipinski definition) is 1. The first kappa shape index (κ1) is 24.1. The fourth-order valence-electron chi connectivity index (χ4n) is 3.64. The molecule has 1 fully saturated rings. The largest absolute Gasteiger partial charge is 0.416 e. The van der Waals surface area contributed by atoms with Crippen LogP contribution in [0.25, 0.3) is 0 Å². The Bertz CT molecular complexity index is 1020. The van der Waals surface area contributed by atoms with Crippen LogP contribution >= 0.6 is 0 Å². The van der Waals surface area contributed by atoms with Crippen molar-refractivity contribution in [1.82, 2.24) is 9.62 Å². The summed E-state index contributed by atoms with van der Waals surface area (Å²) in [5.74, 6) is -0.465. The molecule has 0 bridgehead atoms. The summed E-state index contributed by atoms with van der Waals surface area (Å²) in [6, 6.07) is 13.5. The number of halogens is 3. The Morgan fingerprint density at radius 2 is 1.75 bits per heavy atom. The lowest BCUT2D eigenvalue weighted by molar-refractivity contribution is -0.137. The van der Waals surface area contributed by atoms with Crippen LogP contribution in [0.1, 0.15) is 18.4 Å². The number of likely N-dealkylation sites (N-methyl/N-ethyl adjacent to an activating group) is 1. The quantitative estimate of drug-likeness (QED) is 0.675. The molecule has 3 rings (SSSR count). The third-order valence-corrected chi connectivity index (χ3v) is 7.46. The van der Waals surface area contributed by atoms with Crippen molar-refractivity contribution < 1.29 is 26.4 Å². The fourth-order valence-corrected chi connectivity index (χ4v) is 5.16. The van der Waals surface area contributed by atoms with Gasteiger partial charge in [0.2, 0.25) is 15.9 Å². The van der Waals surface area contributed by atoms with Crippen LogP contribution in [0, 0.1) is 5.92 Å². The number of carbonyl (C=O) groups excluding carboxylic acids is 1. The molecule has 0 aliphatic carbocycles. The minimum atomic E-state index is -4.62. The van der Waals surface area contributed by atoms with Crippen LogP contribution in [0.4, 0.5) is 18.9 Å². The van der Waals surface area contributed by atoms with Gasteiger partial charge in [-0.05, 0) is 43.2 Å². The highest BCUT2D eigenvalue weighted by atomic mass is 32.2. The predicted molar refractivity (Wildman–Crippen MR) is 116 cm³/mol. The SMILES string of the molecule is CN(CCNC(=O)C1CCN(S(=O)(=O)c2cccc(C(F)(F)F)c2)CC1)c1ccccc1. The number of hydrogen-bond acceptors (Lipinski definition) is 4. The lowest BCUT2D eigenvalue weighted by Crippen LogP contribution is -2.44. The minimum absolute atomic E-state index is 0.0839. The van der Waals surface area contributed by atoms with Gasteiger partial charge in [-0.2, -0.15) is 17.5 Å². The molecule has 1 aliphatic rings. The van der Waals surface area contributed by atoms with Crippen LogP contribution in [0.2, 0.25) is 0 Å². The number of para-hydroxylation sites is 1. The first-order valence-electron chi connectivity index (χ1n) is 10.3. The molecule has 1 aliphatic heterocycles. The molecule has 1 N–H and O–H groups in total. The van der Waals surface area contributed by atoms with E-state index in [1.165, 1.54) is 0 Å². The standard InChI is InChI=1S/C22H26F3N3O3S/c1-27(19-7-3-2-4-8-19)15-12-26-21(29)17-10-13-28(14-11-17)32(30,31)20-9-5-6-18(16-20)22(23,24)25/h2-9,16-17H,10-15H2,1H3,(H,26,29). The Balaban J connectivity index is 1.51. The van der Waals surface area contributed by atoms with Gasteiger partial charge in [-0.1, -0.05) is 24.3 Å². The fraction of sp³-hybridized carbons (Fsp3) is 0.409. The second-order valence-electron chi connectivity index (χ2n) is 7.75. The van der Waals surface area contributed by atoms with Gasteiger partial charge in [0.15, 0.2) is 0 Å². The summed E-state index contributed by atoms with van der Waals surface area (Å²) in [5.41, 5.74) is 0.0307. The molecule has 0 spiro atoms. The van der Waals surface area contributed by atoms with Crippen molar-refractivity contribution in [1.29, 1.82) is 0 Å². The Kier molecular flexibility index (Phi) is 7.45. The van der Waals surface area contributed by atoms with Gasteiger partial charge in [-0.25, -0.2) is 8.42 Å². The molecule has 0 aromatic heterocycles. The summed E-state index contributed by atoms with van der Waals surface area (Å²) in [4.78, 5) is 14.1. The number of rotatable bonds is 7. The van der Waals surface area contributed by atoms with Crippen molar-refractivity contribution in [2.75, 3.05) is 38.1 Å². The summed E-state index contributed by atoms with van der Waals surface area (Å²) in [6.07, 6.45) is -3.98. The van der Waals surface area contributed by atoms with Gasteiger partial charge in [0.05, 0.1) is 10.5 Å². The second kappa shape index (κ2) is 9.91. The van der Waals surface area contributed by atoms with Crippen molar-refractivity contribution in [2.24, 2.45) is 5.92 Å². The summed E-state index contributed by atoms with van der Waals surface area (Å²) in [6.45, 7) is 1.24. The maximum absolute atomic E-state index is 12.9. The molecule has 1 heterocycles. The van der Waals surface area contributed by atoms with Crippen molar-refractivity contribution in [2.45, 2.75) is 23.9 Å². The van der Waals surface area contributed by atoms with Crippen LogP contribution in [-0.4, -0.2) is 51.9 Å². The maximum Gasteiger partial charge on any atom is 0.416 e. The van der Waals surface area contributed by atoms with Crippen molar-refractivity contribution in [3.63, 3.8) is 0 Å². The zero-order valence-corrected chi connectivity index (χ0v) is 18.5. The van der Waals surface area contributed by atoms with Gasteiger partial charge < -0.3 is 10.2 Å². The van der Waals surface area contributed by atoms with E-state index in [1.807, 2.05) is 42.3 Å². The molecule has 2 aromatic rings. The molecule has 174 valence electrons. The average Bonchev–Trinajstić information content (AvgIpc) is 2.79. The van der Waals surface area contributed by atoms with Crippen molar-refractivity contribution in [3.05, 3.63) is 60.2 Å². The third-order valence-electron chi connectivity index (χ3n) is 5.57. The smallest absolute Gasteiger partial charge is 0.373 e. The van der Waals surface area contributed by atoms with E-state index < -0.39 is 21.8 Å². The lowest BCUT2D eigenvalue weighted by Gasteiger charge is -2.31. The van der Waals surface area contributed by atoms with Crippen molar-refractivity contribution in [3.8, 4) is 0 Å². The van der Waals surface area contributed by atoms with Gasteiger partial charge >= 0.3 is 6.18 Å². The zero-order chi connectivity index (χ0) is 23.4. The number of anilines is 1. The number of benzene rings is 2. The van der Waals surface area contributed by atoms with Gasteiger partial charge in [0.25, 0.3) is 0 Å². The number of alkyl halides is 3. The predicted octanol–water partition coefficient (Wildman–Crippen LogP) is 3.36. The van der Waals surface area contributed by atoms with E-state index in [-0.39, 0.29) is 29.8 Å². The first-order valence-corrected chi connectivity index (χ1v) is 11.7. The molecule has 10 heteroatoms. The normalized spacial score (nSPS) is 16.0. The van der Waals surface area contributed by atoms with E-state index in [1.54, 1.807) is 0 Å². The van der Waals surface area contributed by atoms with Crippen LogP contribution in [0.15, 0.2) is 59.5 Å². The number of nitrogens with zero attached hydrogens (tertiary/aromatic N) is 2. The zero-order valence-electron chi connectivity index (χ0n) is 17.7. The summed E-state index contributed by atoms with van der Waals surface area (Å²) in [5, 5.41) is 2.89. The molecule has 32 heavy (non-hydrogen) atoms. The summed E-state index contributed by atoms with van der Waals surface area (Å²) >= 11 is 0. The van der Waals surface area contributed by atoms with E-state index in [0.29, 0.717) is 32.0 Å². The molecule has 0 radical (unpaired) electrons. The van der Waals surface area contributed by atoms with E-state index in [0.717, 1.165) is 28.2 Å². The van der Waals surface area contributed by atoms with Crippen molar-refractivity contribution >= 4 is 21.6 Å². The Morgan fingerprint density at radius 1 is 1.09 bits per heavy atom. The van der Waals surface area contributed by atoms with E-state index in [2.05, 4.69) is 5.32 Å². The Hall–Kier alpha value is -2.59. The Labute approximate surface area is 186 Å². The highest BCUT2D eigenvalue weighted by molar-refractivity contribution is 7.89. The number of sulfonamides is 1. The van der Waals surface area contributed by atoms with Crippen LogP contribution < -0.4 is 10.2 Å². The number of amides is 1. The lowest BCUT2D eigenvalue weighted by atomic mass is 9.97. The molecular weight excluding hydrogens is 443 g/mol. The molecule has 2 aromatic carbocycles. The van der Waals surface area contributed by atoms with E-state index in [9.17, 15) is 26.4 Å². The Morgan fingerprint density at radius 3 is 2.38 bits per heavy atom. The third kappa shape index (κ3) is 5.80. The molecular formula is C22H26F3N3O3S. The molecule has 1 saturated heterocycles. The van der Waals surface area contributed by atoms with Crippen LogP contribution in [-0.2, 0) is 21.0 Å². The maximum atomic E-state index is 12.9. The average molecular weight is 470 g/mol. The monoisotopic (exact) mass is 469 g/mol. The van der Waals surface area contributed by atoms with Crippen LogP contribution in [0.3, 0.4) is 0 Å². The highest BCUT2D eigenvalue weighted by Gasteiger charge is 2.35. The molecule has 0 unspecified atom stereocenters. The molecule has 1 amide bonds. The number of nitrogens with one attached hydrogen (secondary N) is 1. The summed E-state index contributed by atoms with van der Waals surface area (Å²) in [7, 11) is -2.13. The molecule has 0 atom stereocenters.